The third kappa shape index (κ3) is 4.45. The van der Waals surface area contributed by atoms with E-state index in [1.807, 2.05) is 0 Å². The second kappa shape index (κ2) is 6.44. The molecule has 0 saturated carbocycles. The first-order chi connectivity index (χ1) is 7.72. The molecule has 16 heavy (non-hydrogen) atoms. The number of amides is 1. The van der Waals surface area contributed by atoms with Gasteiger partial charge < -0.3 is 15.2 Å². The highest BCUT2D eigenvalue weighted by Gasteiger charge is 1.96. The first kappa shape index (κ1) is 12.0. The average molecular weight is 223 g/mol. The van der Waals surface area contributed by atoms with Crippen molar-refractivity contribution in [1.82, 2.24) is 0 Å². The highest BCUT2D eigenvalue weighted by Crippen LogP contribution is 2.11. The molecule has 5 heteroatoms. The molecule has 0 saturated heterocycles. The van der Waals surface area contributed by atoms with E-state index in [1.165, 1.54) is 0 Å². The van der Waals surface area contributed by atoms with E-state index in [4.69, 9.17) is 10.5 Å². The number of primary amides is 1. The first-order valence-corrected chi connectivity index (χ1v) is 4.82. The molecule has 0 unspecified atom stereocenters. The van der Waals surface area contributed by atoms with Crippen molar-refractivity contribution in [1.29, 1.82) is 0 Å². The topological polar surface area (TPSA) is 78.6 Å². The Hall–Kier alpha value is -2.04. The summed E-state index contributed by atoms with van der Waals surface area (Å²) >= 11 is 0. The number of carbonyl (C=O) groups excluding carboxylic acids is 2. The van der Waals surface area contributed by atoms with E-state index < -0.39 is 6.09 Å². The number of rotatable bonds is 6. The van der Waals surface area contributed by atoms with E-state index in [0.29, 0.717) is 24.3 Å². The fraction of sp³-hybridized carbons (Fsp3) is 0.273. The minimum absolute atomic E-state index is 0.238. The Bertz CT molecular complexity index is 348. The van der Waals surface area contributed by atoms with Gasteiger partial charge in [0.15, 0.2) is 0 Å². The fourth-order valence-corrected chi connectivity index (χ4v) is 1.06. The van der Waals surface area contributed by atoms with Gasteiger partial charge in [-0.05, 0) is 24.3 Å². The summed E-state index contributed by atoms with van der Waals surface area (Å²) in [6, 6.07) is 6.75. The zero-order valence-electron chi connectivity index (χ0n) is 8.72. The smallest absolute Gasteiger partial charge is 0.404 e. The maximum atomic E-state index is 10.4. The number of hydrogen-bond acceptors (Lipinski definition) is 4. The molecule has 1 aromatic carbocycles. The van der Waals surface area contributed by atoms with Gasteiger partial charge in [-0.15, -0.1) is 0 Å². The third-order valence-corrected chi connectivity index (χ3v) is 1.82. The van der Waals surface area contributed by atoms with Crippen LogP contribution in [0.4, 0.5) is 4.79 Å². The minimum atomic E-state index is -0.782. The van der Waals surface area contributed by atoms with Crippen LogP contribution in [0.3, 0.4) is 0 Å². The standard InChI is InChI=1S/C11H13NO4/c12-11(14)16-7-1-6-15-10-4-2-9(8-13)3-5-10/h2-5,8H,1,6-7H2,(H2,12,14). The number of benzene rings is 1. The Morgan fingerprint density at radius 1 is 1.25 bits per heavy atom. The lowest BCUT2D eigenvalue weighted by Crippen LogP contribution is -2.15. The van der Waals surface area contributed by atoms with Gasteiger partial charge in [0.1, 0.15) is 12.0 Å². The molecule has 0 radical (unpaired) electrons. The van der Waals surface area contributed by atoms with Gasteiger partial charge in [0.25, 0.3) is 0 Å². The lowest BCUT2D eigenvalue weighted by atomic mass is 10.2. The monoisotopic (exact) mass is 223 g/mol. The predicted octanol–water partition coefficient (Wildman–Crippen LogP) is 1.36. The van der Waals surface area contributed by atoms with Crippen molar-refractivity contribution in [3.63, 3.8) is 0 Å². The van der Waals surface area contributed by atoms with Crippen LogP contribution < -0.4 is 10.5 Å². The summed E-state index contributed by atoms with van der Waals surface area (Å²) < 4.78 is 9.87. The lowest BCUT2D eigenvalue weighted by Gasteiger charge is -2.05. The van der Waals surface area contributed by atoms with Crippen molar-refractivity contribution in [2.24, 2.45) is 5.73 Å². The van der Waals surface area contributed by atoms with Crippen LogP contribution in [0.5, 0.6) is 5.75 Å². The minimum Gasteiger partial charge on any atom is -0.493 e. The van der Waals surface area contributed by atoms with Crippen LogP contribution in [0, 0.1) is 0 Å². The molecule has 0 atom stereocenters. The Balaban J connectivity index is 2.21. The number of ether oxygens (including phenoxy) is 2. The number of carbonyl (C=O) groups is 2. The van der Waals surface area contributed by atoms with Gasteiger partial charge in [-0.1, -0.05) is 0 Å². The van der Waals surface area contributed by atoms with Gasteiger partial charge in [-0.3, -0.25) is 4.79 Å². The van der Waals surface area contributed by atoms with Gasteiger partial charge in [0, 0.05) is 12.0 Å². The number of hydrogen-bond donors (Lipinski definition) is 1. The van der Waals surface area contributed by atoms with E-state index in [1.54, 1.807) is 24.3 Å². The molecule has 1 amide bonds. The summed E-state index contributed by atoms with van der Waals surface area (Å²) in [6.45, 7) is 0.662. The molecule has 0 heterocycles. The first-order valence-electron chi connectivity index (χ1n) is 4.82. The second-order valence-electron chi connectivity index (χ2n) is 3.06. The second-order valence-corrected chi connectivity index (χ2v) is 3.06. The molecule has 5 nitrogen and oxygen atoms in total. The zero-order valence-corrected chi connectivity index (χ0v) is 8.72. The lowest BCUT2D eigenvalue weighted by molar-refractivity contribution is 0.112. The average Bonchev–Trinajstić information content (AvgIpc) is 2.29. The van der Waals surface area contributed by atoms with Crippen molar-refractivity contribution in [3.05, 3.63) is 29.8 Å². The van der Waals surface area contributed by atoms with Crippen LogP contribution >= 0.6 is 0 Å². The maximum absolute atomic E-state index is 10.4. The van der Waals surface area contributed by atoms with E-state index in [9.17, 15) is 9.59 Å². The van der Waals surface area contributed by atoms with Crippen LogP contribution in [0.1, 0.15) is 16.8 Å². The summed E-state index contributed by atoms with van der Waals surface area (Å²) in [5.74, 6) is 0.671. The summed E-state index contributed by atoms with van der Waals surface area (Å²) in [5.41, 5.74) is 5.38. The predicted molar refractivity (Wildman–Crippen MR) is 57.5 cm³/mol. The Morgan fingerprint density at radius 3 is 2.50 bits per heavy atom. The molecule has 0 aliphatic heterocycles. The van der Waals surface area contributed by atoms with Gasteiger partial charge in [-0.25, -0.2) is 4.79 Å². The van der Waals surface area contributed by atoms with Gasteiger partial charge in [0.05, 0.1) is 13.2 Å². The highest BCUT2D eigenvalue weighted by molar-refractivity contribution is 5.74. The summed E-state index contributed by atoms with van der Waals surface area (Å²) in [5, 5.41) is 0. The van der Waals surface area contributed by atoms with E-state index in [-0.39, 0.29) is 6.61 Å². The molecule has 86 valence electrons. The quantitative estimate of drug-likeness (QED) is 0.583. The Morgan fingerprint density at radius 2 is 1.94 bits per heavy atom. The molecular weight excluding hydrogens is 210 g/mol. The van der Waals surface area contributed by atoms with E-state index in [0.717, 1.165) is 6.29 Å². The van der Waals surface area contributed by atoms with Crippen LogP contribution in [0.25, 0.3) is 0 Å². The van der Waals surface area contributed by atoms with Gasteiger partial charge in [0.2, 0.25) is 0 Å². The van der Waals surface area contributed by atoms with Gasteiger partial charge in [-0.2, -0.15) is 0 Å². The zero-order chi connectivity index (χ0) is 11.8. The highest BCUT2D eigenvalue weighted by atomic mass is 16.5. The summed E-state index contributed by atoms with van der Waals surface area (Å²) in [7, 11) is 0. The van der Waals surface area contributed by atoms with Crippen molar-refractivity contribution in [3.8, 4) is 5.75 Å². The number of aldehydes is 1. The number of nitrogens with two attached hydrogens (primary N) is 1. The molecule has 0 aliphatic carbocycles. The van der Waals surface area contributed by atoms with E-state index in [2.05, 4.69) is 4.74 Å². The molecule has 1 aromatic rings. The molecule has 0 aromatic heterocycles. The molecule has 2 N–H and O–H groups in total. The molecular formula is C11H13NO4. The van der Waals surface area contributed by atoms with Gasteiger partial charge >= 0.3 is 6.09 Å². The van der Waals surface area contributed by atoms with E-state index >= 15 is 0 Å². The SMILES string of the molecule is NC(=O)OCCCOc1ccc(C=O)cc1. The summed E-state index contributed by atoms with van der Waals surface area (Å²) in [4.78, 5) is 20.6. The fourth-order valence-electron chi connectivity index (χ4n) is 1.06. The molecule has 0 fully saturated rings. The largest absolute Gasteiger partial charge is 0.493 e. The van der Waals surface area contributed by atoms with Crippen molar-refractivity contribution in [2.75, 3.05) is 13.2 Å². The normalized spacial score (nSPS) is 9.50. The molecule has 0 aliphatic rings. The molecule has 1 rings (SSSR count). The third-order valence-electron chi connectivity index (χ3n) is 1.82. The molecule has 0 spiro atoms. The maximum Gasteiger partial charge on any atom is 0.404 e. The van der Waals surface area contributed by atoms with Crippen LogP contribution in [0.2, 0.25) is 0 Å². The Labute approximate surface area is 93.1 Å². The summed E-state index contributed by atoms with van der Waals surface area (Å²) in [6.07, 6.45) is 0.554. The van der Waals surface area contributed by atoms with Crippen molar-refractivity contribution >= 4 is 12.4 Å². The van der Waals surface area contributed by atoms with Crippen molar-refractivity contribution in [2.45, 2.75) is 6.42 Å². The van der Waals surface area contributed by atoms with Crippen LogP contribution in [-0.4, -0.2) is 25.6 Å². The van der Waals surface area contributed by atoms with Crippen LogP contribution in [0.15, 0.2) is 24.3 Å². The Kier molecular flexibility index (Phi) is 4.85. The van der Waals surface area contributed by atoms with Crippen molar-refractivity contribution < 1.29 is 19.1 Å². The van der Waals surface area contributed by atoms with Crippen LogP contribution in [-0.2, 0) is 4.74 Å². The molecule has 0 bridgehead atoms.